The van der Waals surface area contributed by atoms with Gasteiger partial charge in [-0.05, 0) is 25.7 Å². The van der Waals surface area contributed by atoms with Crippen LogP contribution < -0.4 is 5.32 Å². The Labute approximate surface area is 83.1 Å². The van der Waals surface area contributed by atoms with Crippen LogP contribution in [0.25, 0.3) is 0 Å². The first-order valence-corrected chi connectivity index (χ1v) is 5.29. The second-order valence-electron chi connectivity index (χ2n) is 4.15. The van der Waals surface area contributed by atoms with Crippen LogP contribution in [0.2, 0.25) is 0 Å². The molecule has 4 heteroatoms. The minimum atomic E-state index is -4.03. The van der Waals surface area contributed by atoms with Gasteiger partial charge >= 0.3 is 6.18 Å². The number of halogens is 3. The molecule has 0 aromatic rings. The first-order chi connectivity index (χ1) is 6.49. The molecule has 0 aromatic carbocycles. The molecule has 1 aliphatic rings. The van der Waals surface area contributed by atoms with Gasteiger partial charge in [0.05, 0.1) is 6.42 Å². The summed E-state index contributed by atoms with van der Waals surface area (Å²) >= 11 is 0. The third-order valence-electron chi connectivity index (χ3n) is 2.98. The van der Waals surface area contributed by atoms with E-state index in [2.05, 4.69) is 5.32 Å². The molecule has 0 heterocycles. The second-order valence-corrected chi connectivity index (χ2v) is 4.15. The molecule has 1 saturated carbocycles. The van der Waals surface area contributed by atoms with E-state index in [0.29, 0.717) is 5.92 Å². The van der Waals surface area contributed by atoms with Gasteiger partial charge in [0.2, 0.25) is 0 Å². The minimum Gasteiger partial charge on any atom is -0.314 e. The van der Waals surface area contributed by atoms with Crippen molar-refractivity contribution in [3.8, 4) is 0 Å². The molecule has 0 spiro atoms. The van der Waals surface area contributed by atoms with Crippen molar-refractivity contribution in [2.45, 2.75) is 51.2 Å². The normalized spacial score (nSPS) is 21.4. The van der Waals surface area contributed by atoms with Gasteiger partial charge in [0.25, 0.3) is 0 Å². The van der Waals surface area contributed by atoms with Gasteiger partial charge in [0, 0.05) is 12.6 Å². The number of nitrogens with one attached hydrogen (secondary N) is 1. The molecule has 0 aliphatic heterocycles. The Balaban J connectivity index is 2.11. The molecule has 1 aliphatic carbocycles. The van der Waals surface area contributed by atoms with Gasteiger partial charge in [-0.15, -0.1) is 0 Å². The predicted molar refractivity (Wildman–Crippen MR) is 50.1 cm³/mol. The molecular formula is C10H18F3N. The maximum absolute atomic E-state index is 11.8. The third kappa shape index (κ3) is 4.31. The van der Waals surface area contributed by atoms with Crippen LogP contribution in [-0.4, -0.2) is 18.8 Å². The van der Waals surface area contributed by atoms with E-state index < -0.39 is 12.6 Å². The largest absolute Gasteiger partial charge is 0.390 e. The van der Waals surface area contributed by atoms with Crippen LogP contribution in [0.3, 0.4) is 0 Å². The lowest BCUT2D eigenvalue weighted by molar-refractivity contribution is -0.133. The summed E-state index contributed by atoms with van der Waals surface area (Å²) in [7, 11) is 0. The van der Waals surface area contributed by atoms with Crippen molar-refractivity contribution in [3.63, 3.8) is 0 Å². The summed E-state index contributed by atoms with van der Waals surface area (Å²) in [4.78, 5) is 0. The molecule has 14 heavy (non-hydrogen) atoms. The maximum atomic E-state index is 11.8. The van der Waals surface area contributed by atoms with Crippen LogP contribution in [0.4, 0.5) is 13.2 Å². The summed E-state index contributed by atoms with van der Waals surface area (Å²) < 4.78 is 35.5. The molecule has 0 saturated heterocycles. The van der Waals surface area contributed by atoms with Gasteiger partial charge in [-0.3, -0.25) is 0 Å². The first kappa shape index (κ1) is 11.8. The zero-order valence-electron chi connectivity index (χ0n) is 8.53. The molecule has 1 atom stereocenters. The van der Waals surface area contributed by atoms with Crippen molar-refractivity contribution in [1.82, 2.24) is 5.32 Å². The van der Waals surface area contributed by atoms with Crippen molar-refractivity contribution in [3.05, 3.63) is 0 Å². The van der Waals surface area contributed by atoms with Crippen LogP contribution in [0.5, 0.6) is 0 Å². The Morgan fingerprint density at radius 2 is 1.86 bits per heavy atom. The lowest BCUT2D eigenvalue weighted by Crippen LogP contribution is -2.34. The van der Waals surface area contributed by atoms with Gasteiger partial charge in [-0.1, -0.05) is 12.8 Å². The monoisotopic (exact) mass is 209 g/mol. The zero-order chi connectivity index (χ0) is 10.6. The van der Waals surface area contributed by atoms with E-state index in [4.69, 9.17) is 0 Å². The smallest absolute Gasteiger partial charge is 0.314 e. The van der Waals surface area contributed by atoms with E-state index in [1.54, 1.807) is 0 Å². The fourth-order valence-electron chi connectivity index (χ4n) is 2.07. The van der Waals surface area contributed by atoms with Crippen LogP contribution in [0.15, 0.2) is 0 Å². The maximum Gasteiger partial charge on any atom is 0.390 e. The lowest BCUT2D eigenvalue weighted by Gasteiger charge is -2.20. The molecule has 0 radical (unpaired) electrons. The van der Waals surface area contributed by atoms with Gasteiger partial charge < -0.3 is 5.32 Å². The van der Waals surface area contributed by atoms with E-state index in [1.807, 2.05) is 6.92 Å². The lowest BCUT2D eigenvalue weighted by atomic mass is 10.00. The Morgan fingerprint density at radius 3 is 2.36 bits per heavy atom. The Bertz CT molecular complexity index is 161. The standard InChI is InChI=1S/C10H18F3N/c1-8(9-4-2-3-5-9)14-7-6-10(11,12)13/h8-9,14H,2-7H2,1H3/t8-/m0/s1. The molecule has 0 aromatic heterocycles. The molecule has 0 bridgehead atoms. The number of hydrogen-bond donors (Lipinski definition) is 1. The fraction of sp³-hybridized carbons (Fsp3) is 1.00. The average Bonchev–Trinajstić information content (AvgIpc) is 2.53. The van der Waals surface area contributed by atoms with Gasteiger partial charge in [0.1, 0.15) is 0 Å². The molecular weight excluding hydrogens is 191 g/mol. The average molecular weight is 209 g/mol. The Morgan fingerprint density at radius 1 is 1.29 bits per heavy atom. The van der Waals surface area contributed by atoms with Gasteiger partial charge in [-0.25, -0.2) is 0 Å². The van der Waals surface area contributed by atoms with E-state index >= 15 is 0 Å². The van der Waals surface area contributed by atoms with Crippen LogP contribution in [0, 0.1) is 5.92 Å². The highest BCUT2D eigenvalue weighted by Crippen LogP contribution is 2.27. The van der Waals surface area contributed by atoms with Crippen molar-refractivity contribution in [1.29, 1.82) is 0 Å². The Kier molecular flexibility index (Phi) is 4.23. The quantitative estimate of drug-likeness (QED) is 0.750. The van der Waals surface area contributed by atoms with Gasteiger partial charge in [-0.2, -0.15) is 13.2 Å². The summed E-state index contributed by atoms with van der Waals surface area (Å²) in [6.07, 6.45) is 0.0543. The van der Waals surface area contributed by atoms with E-state index in [9.17, 15) is 13.2 Å². The summed E-state index contributed by atoms with van der Waals surface area (Å²) in [5.74, 6) is 0.586. The fourth-order valence-corrected chi connectivity index (χ4v) is 2.07. The van der Waals surface area contributed by atoms with Crippen molar-refractivity contribution in [2.75, 3.05) is 6.54 Å². The second kappa shape index (κ2) is 5.01. The molecule has 0 amide bonds. The molecule has 1 N–H and O–H groups in total. The third-order valence-corrected chi connectivity index (χ3v) is 2.98. The number of hydrogen-bond acceptors (Lipinski definition) is 1. The summed E-state index contributed by atoms with van der Waals surface area (Å²) in [5.41, 5.74) is 0. The topological polar surface area (TPSA) is 12.0 Å². The minimum absolute atomic E-state index is 0.0567. The van der Waals surface area contributed by atoms with Crippen LogP contribution in [0.1, 0.15) is 39.0 Å². The molecule has 0 unspecified atom stereocenters. The SMILES string of the molecule is C[C@H](NCCC(F)(F)F)C1CCCC1. The Hall–Kier alpha value is -0.250. The molecule has 1 fully saturated rings. The molecule has 1 nitrogen and oxygen atoms in total. The molecule has 84 valence electrons. The van der Waals surface area contributed by atoms with Crippen molar-refractivity contribution < 1.29 is 13.2 Å². The van der Waals surface area contributed by atoms with Crippen LogP contribution in [-0.2, 0) is 0 Å². The highest BCUT2D eigenvalue weighted by atomic mass is 19.4. The zero-order valence-corrected chi connectivity index (χ0v) is 8.53. The van der Waals surface area contributed by atoms with Crippen LogP contribution >= 0.6 is 0 Å². The number of alkyl halides is 3. The summed E-state index contributed by atoms with van der Waals surface area (Å²) in [5, 5.41) is 2.96. The van der Waals surface area contributed by atoms with E-state index in [1.165, 1.54) is 25.7 Å². The first-order valence-electron chi connectivity index (χ1n) is 5.29. The summed E-state index contributed by atoms with van der Waals surface area (Å²) in [6.45, 7) is 2.05. The highest BCUT2D eigenvalue weighted by molar-refractivity contribution is 4.77. The van der Waals surface area contributed by atoms with Gasteiger partial charge in [0.15, 0.2) is 0 Å². The molecule has 1 rings (SSSR count). The van der Waals surface area contributed by atoms with E-state index in [0.717, 1.165) is 0 Å². The van der Waals surface area contributed by atoms with Crippen molar-refractivity contribution >= 4 is 0 Å². The number of rotatable bonds is 4. The van der Waals surface area contributed by atoms with E-state index in [-0.39, 0.29) is 12.6 Å². The van der Waals surface area contributed by atoms with Crippen molar-refractivity contribution in [2.24, 2.45) is 5.92 Å². The predicted octanol–water partition coefficient (Wildman–Crippen LogP) is 3.11. The highest BCUT2D eigenvalue weighted by Gasteiger charge is 2.27. The summed E-state index contributed by atoms with van der Waals surface area (Å²) in [6, 6.07) is 0.236.